The smallest absolute Gasteiger partial charge is 0.236 e. The van der Waals surface area contributed by atoms with Gasteiger partial charge in [0.25, 0.3) is 0 Å². The molecule has 1 aliphatic heterocycles. The monoisotopic (exact) mass is 213 g/mol. The fourth-order valence-corrected chi connectivity index (χ4v) is 1.93. The van der Waals surface area contributed by atoms with Crippen molar-refractivity contribution >= 4 is 11.8 Å². The van der Waals surface area contributed by atoms with E-state index in [1.165, 1.54) is 0 Å². The number of carbonyl (C=O) groups is 2. The second kappa shape index (κ2) is 5.70. The Morgan fingerprint density at radius 2 is 2.00 bits per heavy atom. The average Bonchev–Trinajstić information content (AvgIpc) is 2.18. The molecule has 1 aliphatic rings. The Morgan fingerprint density at radius 3 is 2.47 bits per heavy atom. The fourth-order valence-electron chi connectivity index (χ4n) is 1.93. The predicted molar refractivity (Wildman–Crippen MR) is 57.0 cm³/mol. The topological polar surface area (TPSA) is 75.4 Å². The highest BCUT2D eigenvalue weighted by Gasteiger charge is 2.23. The van der Waals surface area contributed by atoms with Gasteiger partial charge in [0.05, 0.1) is 6.54 Å². The molecule has 0 aromatic rings. The van der Waals surface area contributed by atoms with E-state index in [0.29, 0.717) is 18.9 Å². The molecule has 1 saturated heterocycles. The highest BCUT2D eigenvalue weighted by atomic mass is 16.2. The minimum absolute atomic E-state index is 0.134. The summed E-state index contributed by atoms with van der Waals surface area (Å²) in [7, 11) is 1.76. The molecule has 1 heterocycles. The number of nitrogens with two attached hydrogens (primary N) is 1. The van der Waals surface area contributed by atoms with Crippen LogP contribution in [0.15, 0.2) is 0 Å². The van der Waals surface area contributed by atoms with E-state index >= 15 is 0 Å². The fraction of sp³-hybridized carbons (Fsp3) is 0.800. The van der Waals surface area contributed by atoms with Gasteiger partial charge in [-0.3, -0.25) is 9.59 Å². The molecule has 0 radical (unpaired) electrons. The lowest BCUT2D eigenvalue weighted by Gasteiger charge is -2.31. The van der Waals surface area contributed by atoms with Crippen molar-refractivity contribution in [2.75, 3.05) is 26.7 Å². The van der Waals surface area contributed by atoms with Crippen LogP contribution < -0.4 is 11.1 Å². The van der Waals surface area contributed by atoms with Crippen LogP contribution in [0, 0.1) is 5.92 Å². The van der Waals surface area contributed by atoms with Gasteiger partial charge in [-0.25, -0.2) is 0 Å². The number of hydrogen-bond acceptors (Lipinski definition) is 3. The minimum atomic E-state index is -0.241. The summed E-state index contributed by atoms with van der Waals surface area (Å²) in [5.74, 6) is 0.256. The Balaban J connectivity index is 2.29. The SMILES string of the molecule is CNCC(=O)N1CCC(CC(N)=O)CC1. The summed E-state index contributed by atoms with van der Waals surface area (Å²) in [4.78, 5) is 24.1. The third-order valence-corrected chi connectivity index (χ3v) is 2.79. The first kappa shape index (κ1) is 12.0. The van der Waals surface area contributed by atoms with Crippen LogP contribution in [0.2, 0.25) is 0 Å². The van der Waals surface area contributed by atoms with E-state index in [-0.39, 0.29) is 11.8 Å². The number of nitrogens with zero attached hydrogens (tertiary/aromatic N) is 1. The zero-order valence-corrected chi connectivity index (χ0v) is 9.16. The van der Waals surface area contributed by atoms with Crippen molar-refractivity contribution in [2.24, 2.45) is 11.7 Å². The number of carbonyl (C=O) groups excluding carboxylic acids is 2. The summed E-state index contributed by atoms with van der Waals surface area (Å²) < 4.78 is 0. The molecular formula is C10H19N3O2. The molecule has 1 rings (SSSR count). The van der Waals surface area contributed by atoms with Gasteiger partial charge in [0.1, 0.15) is 0 Å². The first-order valence-electron chi connectivity index (χ1n) is 5.34. The number of hydrogen-bond donors (Lipinski definition) is 2. The van der Waals surface area contributed by atoms with Crippen LogP contribution in [0.25, 0.3) is 0 Å². The number of amides is 2. The van der Waals surface area contributed by atoms with Crippen molar-refractivity contribution in [1.82, 2.24) is 10.2 Å². The molecule has 5 nitrogen and oxygen atoms in total. The van der Waals surface area contributed by atoms with Crippen molar-refractivity contribution in [3.63, 3.8) is 0 Å². The highest BCUT2D eigenvalue weighted by molar-refractivity contribution is 5.78. The molecular weight excluding hydrogens is 194 g/mol. The maximum atomic E-state index is 11.5. The zero-order chi connectivity index (χ0) is 11.3. The van der Waals surface area contributed by atoms with Gasteiger partial charge in [-0.15, -0.1) is 0 Å². The van der Waals surface area contributed by atoms with E-state index in [9.17, 15) is 9.59 Å². The average molecular weight is 213 g/mol. The van der Waals surface area contributed by atoms with Gasteiger partial charge >= 0.3 is 0 Å². The predicted octanol–water partition coefficient (Wildman–Crippen LogP) is -0.680. The van der Waals surface area contributed by atoms with Crippen LogP contribution in [-0.2, 0) is 9.59 Å². The number of rotatable bonds is 4. The molecule has 0 atom stereocenters. The summed E-state index contributed by atoms with van der Waals surface area (Å²) in [5, 5.41) is 2.84. The lowest BCUT2D eigenvalue weighted by atomic mass is 9.93. The molecule has 86 valence electrons. The van der Waals surface area contributed by atoms with Crippen molar-refractivity contribution in [2.45, 2.75) is 19.3 Å². The van der Waals surface area contributed by atoms with Crippen LogP contribution >= 0.6 is 0 Å². The number of piperidine rings is 1. The standard InChI is InChI=1S/C10H19N3O2/c1-12-7-10(15)13-4-2-8(3-5-13)6-9(11)14/h8,12H,2-7H2,1H3,(H2,11,14). The van der Waals surface area contributed by atoms with Crippen LogP contribution in [0.3, 0.4) is 0 Å². The Morgan fingerprint density at radius 1 is 1.40 bits per heavy atom. The molecule has 0 aromatic carbocycles. The number of nitrogens with one attached hydrogen (secondary N) is 1. The molecule has 0 unspecified atom stereocenters. The molecule has 5 heteroatoms. The molecule has 0 bridgehead atoms. The van der Waals surface area contributed by atoms with Gasteiger partial charge in [-0.2, -0.15) is 0 Å². The van der Waals surface area contributed by atoms with E-state index in [0.717, 1.165) is 25.9 Å². The van der Waals surface area contributed by atoms with Crippen LogP contribution in [0.5, 0.6) is 0 Å². The minimum Gasteiger partial charge on any atom is -0.370 e. The zero-order valence-electron chi connectivity index (χ0n) is 9.16. The molecule has 0 spiro atoms. The maximum absolute atomic E-state index is 11.5. The van der Waals surface area contributed by atoms with Crippen LogP contribution in [0.4, 0.5) is 0 Å². The Hall–Kier alpha value is -1.10. The lowest BCUT2D eigenvalue weighted by molar-refractivity contribution is -0.131. The van der Waals surface area contributed by atoms with Crippen molar-refractivity contribution < 1.29 is 9.59 Å². The molecule has 15 heavy (non-hydrogen) atoms. The van der Waals surface area contributed by atoms with Gasteiger partial charge in [-0.05, 0) is 25.8 Å². The second-order valence-corrected chi connectivity index (χ2v) is 4.02. The third-order valence-electron chi connectivity index (χ3n) is 2.79. The van der Waals surface area contributed by atoms with E-state index < -0.39 is 0 Å². The normalized spacial score (nSPS) is 17.8. The summed E-state index contributed by atoms with van der Waals surface area (Å²) >= 11 is 0. The van der Waals surface area contributed by atoms with Gasteiger partial charge in [0, 0.05) is 19.5 Å². The van der Waals surface area contributed by atoms with E-state index in [2.05, 4.69) is 5.32 Å². The summed E-state index contributed by atoms with van der Waals surface area (Å²) in [6.07, 6.45) is 2.23. The maximum Gasteiger partial charge on any atom is 0.236 e. The largest absolute Gasteiger partial charge is 0.370 e. The van der Waals surface area contributed by atoms with Gasteiger partial charge in [-0.1, -0.05) is 0 Å². The first-order chi connectivity index (χ1) is 7.13. The van der Waals surface area contributed by atoms with E-state index in [4.69, 9.17) is 5.73 Å². The summed E-state index contributed by atoms with van der Waals surface area (Å²) in [6.45, 7) is 1.89. The molecule has 0 aromatic heterocycles. The third kappa shape index (κ3) is 3.87. The van der Waals surface area contributed by atoms with E-state index in [1.807, 2.05) is 4.90 Å². The summed E-state index contributed by atoms with van der Waals surface area (Å²) in [5.41, 5.74) is 5.14. The number of likely N-dealkylation sites (tertiary alicyclic amines) is 1. The quantitative estimate of drug-likeness (QED) is 0.649. The summed E-state index contributed by atoms with van der Waals surface area (Å²) in [6, 6.07) is 0. The lowest BCUT2D eigenvalue weighted by Crippen LogP contribution is -2.42. The molecule has 0 aliphatic carbocycles. The second-order valence-electron chi connectivity index (χ2n) is 4.02. The highest BCUT2D eigenvalue weighted by Crippen LogP contribution is 2.19. The van der Waals surface area contributed by atoms with Crippen LogP contribution in [-0.4, -0.2) is 43.4 Å². The number of primary amides is 1. The van der Waals surface area contributed by atoms with Crippen molar-refractivity contribution in [3.05, 3.63) is 0 Å². The molecule has 2 amide bonds. The van der Waals surface area contributed by atoms with Crippen molar-refractivity contribution in [3.8, 4) is 0 Å². The Bertz CT molecular complexity index is 235. The first-order valence-corrected chi connectivity index (χ1v) is 5.34. The molecule has 3 N–H and O–H groups in total. The number of likely N-dealkylation sites (N-methyl/N-ethyl adjacent to an activating group) is 1. The molecule has 0 saturated carbocycles. The Kier molecular flexibility index (Phi) is 4.55. The molecule has 1 fully saturated rings. The van der Waals surface area contributed by atoms with Gasteiger partial charge in [0.15, 0.2) is 0 Å². The van der Waals surface area contributed by atoms with Gasteiger partial charge in [0.2, 0.25) is 11.8 Å². The van der Waals surface area contributed by atoms with Crippen LogP contribution in [0.1, 0.15) is 19.3 Å². The van der Waals surface area contributed by atoms with E-state index in [1.54, 1.807) is 7.05 Å². The Labute approximate surface area is 90.0 Å². The van der Waals surface area contributed by atoms with Crippen molar-refractivity contribution in [1.29, 1.82) is 0 Å². The van der Waals surface area contributed by atoms with Gasteiger partial charge < -0.3 is 16.0 Å².